The van der Waals surface area contributed by atoms with E-state index in [2.05, 4.69) is 10.3 Å². The van der Waals surface area contributed by atoms with Crippen molar-refractivity contribution in [2.24, 2.45) is 0 Å². The van der Waals surface area contributed by atoms with Gasteiger partial charge in [0.2, 0.25) is 5.91 Å². The quantitative estimate of drug-likeness (QED) is 0.927. The summed E-state index contributed by atoms with van der Waals surface area (Å²) in [5.41, 5.74) is 0.810. The summed E-state index contributed by atoms with van der Waals surface area (Å²) in [4.78, 5) is 15.5. The minimum Gasteiger partial charge on any atom is -0.457 e. The SMILES string of the molecule is O=C1COCC(c2cnccc2Oc2ccccc2)N1. The van der Waals surface area contributed by atoms with E-state index in [1.165, 1.54) is 0 Å². The predicted molar refractivity (Wildman–Crippen MR) is 72.5 cm³/mol. The summed E-state index contributed by atoms with van der Waals surface area (Å²) in [5.74, 6) is 1.28. The number of rotatable bonds is 3. The van der Waals surface area contributed by atoms with Crippen molar-refractivity contribution in [3.63, 3.8) is 0 Å². The highest BCUT2D eigenvalue weighted by molar-refractivity contribution is 5.78. The number of carbonyl (C=O) groups is 1. The molecule has 0 aliphatic carbocycles. The monoisotopic (exact) mass is 270 g/mol. The van der Waals surface area contributed by atoms with Crippen LogP contribution in [0.4, 0.5) is 0 Å². The van der Waals surface area contributed by atoms with Crippen LogP contribution in [0.15, 0.2) is 48.8 Å². The normalized spacial score (nSPS) is 18.4. The molecule has 1 fully saturated rings. The number of hydrogen-bond acceptors (Lipinski definition) is 4. The largest absolute Gasteiger partial charge is 0.457 e. The lowest BCUT2D eigenvalue weighted by Crippen LogP contribution is -2.39. The first kappa shape index (κ1) is 12.6. The van der Waals surface area contributed by atoms with Gasteiger partial charge >= 0.3 is 0 Å². The third-order valence-corrected chi connectivity index (χ3v) is 3.01. The Balaban J connectivity index is 1.86. The Morgan fingerprint density at radius 1 is 1.25 bits per heavy atom. The van der Waals surface area contributed by atoms with Crippen molar-refractivity contribution in [2.75, 3.05) is 13.2 Å². The Bertz CT molecular complexity index is 601. The number of benzene rings is 1. The highest BCUT2D eigenvalue weighted by Crippen LogP contribution is 2.29. The number of para-hydroxylation sites is 1. The Morgan fingerprint density at radius 3 is 2.90 bits per heavy atom. The van der Waals surface area contributed by atoms with Gasteiger partial charge in [-0.3, -0.25) is 9.78 Å². The highest BCUT2D eigenvalue weighted by atomic mass is 16.5. The summed E-state index contributed by atoms with van der Waals surface area (Å²) in [6.07, 6.45) is 3.35. The second-order valence-corrected chi connectivity index (χ2v) is 4.46. The molecule has 1 N–H and O–H groups in total. The molecule has 5 heteroatoms. The summed E-state index contributed by atoms with van der Waals surface area (Å²) < 4.78 is 11.1. The van der Waals surface area contributed by atoms with Crippen LogP contribution in [0.3, 0.4) is 0 Å². The molecule has 1 unspecified atom stereocenters. The first-order valence-electron chi connectivity index (χ1n) is 6.37. The number of carbonyl (C=O) groups excluding carboxylic acids is 1. The van der Waals surface area contributed by atoms with Crippen molar-refractivity contribution >= 4 is 5.91 Å². The molecule has 1 amide bonds. The van der Waals surface area contributed by atoms with E-state index in [0.717, 1.165) is 11.3 Å². The highest BCUT2D eigenvalue weighted by Gasteiger charge is 2.23. The lowest BCUT2D eigenvalue weighted by Gasteiger charge is -2.25. The second kappa shape index (κ2) is 5.71. The molecule has 0 spiro atoms. The second-order valence-electron chi connectivity index (χ2n) is 4.46. The maximum absolute atomic E-state index is 11.4. The first-order chi connectivity index (χ1) is 9.83. The lowest BCUT2D eigenvalue weighted by atomic mass is 10.1. The summed E-state index contributed by atoms with van der Waals surface area (Å²) in [6.45, 7) is 0.522. The fourth-order valence-corrected chi connectivity index (χ4v) is 2.08. The molecule has 1 aromatic heterocycles. The van der Waals surface area contributed by atoms with Crippen molar-refractivity contribution < 1.29 is 14.3 Å². The van der Waals surface area contributed by atoms with E-state index < -0.39 is 0 Å². The summed E-state index contributed by atoms with van der Waals surface area (Å²) in [6, 6.07) is 11.0. The molecular formula is C15H14N2O3. The Labute approximate surface area is 116 Å². The fourth-order valence-electron chi connectivity index (χ4n) is 2.08. The molecular weight excluding hydrogens is 256 g/mol. The van der Waals surface area contributed by atoms with E-state index >= 15 is 0 Å². The van der Waals surface area contributed by atoms with Gasteiger partial charge in [0.1, 0.15) is 18.1 Å². The topological polar surface area (TPSA) is 60.5 Å². The molecule has 2 heterocycles. The van der Waals surface area contributed by atoms with E-state index in [1.54, 1.807) is 18.5 Å². The molecule has 1 aromatic carbocycles. The van der Waals surface area contributed by atoms with E-state index in [4.69, 9.17) is 9.47 Å². The van der Waals surface area contributed by atoms with Crippen LogP contribution in [0.1, 0.15) is 11.6 Å². The zero-order chi connectivity index (χ0) is 13.8. The summed E-state index contributed by atoms with van der Waals surface area (Å²) in [7, 11) is 0. The van der Waals surface area contributed by atoms with E-state index in [-0.39, 0.29) is 18.6 Å². The predicted octanol–water partition coefficient (Wildman–Crippen LogP) is 2.06. The first-order valence-corrected chi connectivity index (χ1v) is 6.37. The maximum atomic E-state index is 11.4. The lowest BCUT2D eigenvalue weighted by molar-refractivity contribution is -0.131. The molecule has 20 heavy (non-hydrogen) atoms. The van der Waals surface area contributed by atoms with Gasteiger partial charge in [-0.15, -0.1) is 0 Å². The zero-order valence-electron chi connectivity index (χ0n) is 10.8. The van der Waals surface area contributed by atoms with Crippen molar-refractivity contribution in [1.29, 1.82) is 0 Å². The summed E-state index contributed by atoms with van der Waals surface area (Å²) in [5, 5.41) is 2.87. The number of nitrogens with zero attached hydrogens (tertiary/aromatic N) is 1. The smallest absolute Gasteiger partial charge is 0.246 e. The Morgan fingerprint density at radius 2 is 2.10 bits per heavy atom. The Hall–Kier alpha value is -2.40. The molecule has 0 radical (unpaired) electrons. The van der Waals surface area contributed by atoms with Crippen LogP contribution < -0.4 is 10.1 Å². The van der Waals surface area contributed by atoms with Gasteiger partial charge < -0.3 is 14.8 Å². The van der Waals surface area contributed by atoms with Crippen LogP contribution >= 0.6 is 0 Å². The van der Waals surface area contributed by atoms with Gasteiger partial charge in [0.15, 0.2) is 0 Å². The fraction of sp³-hybridized carbons (Fsp3) is 0.200. The van der Waals surface area contributed by atoms with Crippen LogP contribution in [-0.2, 0) is 9.53 Å². The molecule has 102 valence electrons. The number of hydrogen-bond donors (Lipinski definition) is 1. The van der Waals surface area contributed by atoms with Gasteiger partial charge in [0, 0.05) is 18.0 Å². The van der Waals surface area contributed by atoms with Crippen molar-refractivity contribution in [2.45, 2.75) is 6.04 Å². The molecule has 0 saturated carbocycles. The average molecular weight is 270 g/mol. The van der Waals surface area contributed by atoms with E-state index in [0.29, 0.717) is 12.4 Å². The van der Waals surface area contributed by atoms with Gasteiger partial charge in [-0.25, -0.2) is 0 Å². The number of ether oxygens (including phenoxy) is 2. The molecule has 1 atom stereocenters. The zero-order valence-corrected chi connectivity index (χ0v) is 10.8. The Kier molecular flexibility index (Phi) is 3.60. The molecule has 0 bridgehead atoms. The van der Waals surface area contributed by atoms with Crippen LogP contribution in [0, 0.1) is 0 Å². The maximum Gasteiger partial charge on any atom is 0.246 e. The van der Waals surface area contributed by atoms with Crippen molar-refractivity contribution in [3.8, 4) is 11.5 Å². The minimum absolute atomic E-state index is 0.103. The van der Waals surface area contributed by atoms with Gasteiger partial charge in [-0.05, 0) is 18.2 Å². The number of morpholine rings is 1. The van der Waals surface area contributed by atoms with Crippen molar-refractivity contribution in [1.82, 2.24) is 10.3 Å². The third-order valence-electron chi connectivity index (χ3n) is 3.01. The molecule has 1 aliphatic rings. The van der Waals surface area contributed by atoms with Crippen LogP contribution in [0.25, 0.3) is 0 Å². The van der Waals surface area contributed by atoms with Crippen LogP contribution in [0.2, 0.25) is 0 Å². The van der Waals surface area contributed by atoms with E-state index in [1.807, 2.05) is 30.3 Å². The van der Waals surface area contributed by atoms with Crippen molar-refractivity contribution in [3.05, 3.63) is 54.4 Å². The van der Waals surface area contributed by atoms with Gasteiger partial charge in [-0.2, -0.15) is 0 Å². The van der Waals surface area contributed by atoms with E-state index in [9.17, 15) is 4.79 Å². The molecule has 3 rings (SSSR count). The van der Waals surface area contributed by atoms with Gasteiger partial charge in [0.05, 0.1) is 12.6 Å². The van der Waals surface area contributed by atoms with Gasteiger partial charge in [0.25, 0.3) is 0 Å². The minimum atomic E-state index is -0.233. The average Bonchev–Trinajstić information content (AvgIpc) is 2.49. The van der Waals surface area contributed by atoms with Crippen LogP contribution in [0.5, 0.6) is 11.5 Å². The number of nitrogens with one attached hydrogen (secondary N) is 1. The summed E-state index contributed by atoms with van der Waals surface area (Å²) >= 11 is 0. The number of amides is 1. The van der Waals surface area contributed by atoms with Crippen LogP contribution in [-0.4, -0.2) is 24.1 Å². The molecule has 5 nitrogen and oxygen atoms in total. The molecule has 1 aliphatic heterocycles. The third kappa shape index (κ3) is 2.78. The molecule has 2 aromatic rings. The standard InChI is InChI=1S/C15H14N2O3/c18-15-10-19-9-13(17-15)12-8-16-7-6-14(12)20-11-4-2-1-3-5-11/h1-8,13H,9-10H2,(H,17,18). The molecule has 1 saturated heterocycles. The number of aromatic nitrogens is 1. The number of pyridine rings is 1. The van der Waals surface area contributed by atoms with Gasteiger partial charge in [-0.1, -0.05) is 18.2 Å².